The third-order valence-electron chi connectivity index (χ3n) is 4.56. The molecule has 0 amide bonds. The maximum absolute atomic E-state index is 10.8. The van der Waals surface area contributed by atoms with Crippen molar-refractivity contribution in [1.82, 2.24) is 0 Å². The van der Waals surface area contributed by atoms with Crippen LogP contribution in [0.25, 0.3) is 12.2 Å². The van der Waals surface area contributed by atoms with E-state index >= 15 is 0 Å². The Kier molecular flexibility index (Phi) is 7.01. The summed E-state index contributed by atoms with van der Waals surface area (Å²) in [5, 5.41) is 8.87. The zero-order chi connectivity index (χ0) is 20.5. The molecule has 0 aliphatic rings. The molecule has 3 rings (SSSR count). The average Bonchev–Trinajstić information content (AvgIpc) is 2.73. The van der Waals surface area contributed by atoms with Crippen molar-refractivity contribution >= 4 is 18.1 Å². The number of rotatable bonds is 8. The number of para-hydroxylation sites is 1. The number of aryl methyl sites for hydroxylation is 1. The smallest absolute Gasteiger partial charge is 0.328 e. The fourth-order valence-corrected chi connectivity index (χ4v) is 3.09. The molecule has 0 saturated heterocycles. The van der Waals surface area contributed by atoms with E-state index in [-0.39, 0.29) is 0 Å². The Balaban J connectivity index is 1.75. The van der Waals surface area contributed by atoms with Gasteiger partial charge in [0, 0.05) is 11.6 Å². The summed E-state index contributed by atoms with van der Waals surface area (Å²) in [6, 6.07) is 24.0. The van der Waals surface area contributed by atoms with Gasteiger partial charge in [0.05, 0.1) is 0 Å². The summed E-state index contributed by atoms with van der Waals surface area (Å²) in [6.45, 7) is 2.57. The highest BCUT2D eigenvalue weighted by Gasteiger charge is 2.05. The summed E-state index contributed by atoms with van der Waals surface area (Å²) in [4.78, 5) is 10.8. The minimum absolute atomic E-state index is 0.523. The topological polar surface area (TPSA) is 46.5 Å². The van der Waals surface area contributed by atoms with E-state index in [9.17, 15) is 4.79 Å². The monoisotopic (exact) mass is 384 g/mol. The van der Waals surface area contributed by atoms with Crippen LogP contribution in [0.5, 0.6) is 5.75 Å². The number of carboxylic acids is 1. The molecule has 0 fully saturated rings. The van der Waals surface area contributed by atoms with Crippen molar-refractivity contribution in [3.8, 4) is 5.75 Å². The predicted octanol–water partition coefficient (Wildman–Crippen LogP) is 5.93. The first-order valence-electron chi connectivity index (χ1n) is 9.55. The quantitative estimate of drug-likeness (QED) is 0.490. The van der Waals surface area contributed by atoms with Crippen LogP contribution in [0.4, 0.5) is 0 Å². The van der Waals surface area contributed by atoms with Crippen molar-refractivity contribution in [2.45, 2.75) is 20.0 Å². The number of carboxylic acid groups (broad SMARTS) is 1. The van der Waals surface area contributed by atoms with Crippen LogP contribution in [0.1, 0.15) is 27.8 Å². The van der Waals surface area contributed by atoms with Crippen LogP contribution in [-0.4, -0.2) is 11.1 Å². The lowest BCUT2D eigenvalue weighted by Gasteiger charge is -2.12. The number of carbonyl (C=O) groups is 1. The molecule has 1 N–H and O–H groups in total. The van der Waals surface area contributed by atoms with Gasteiger partial charge in [0.15, 0.2) is 0 Å². The second-order valence-corrected chi connectivity index (χ2v) is 6.74. The van der Waals surface area contributed by atoms with Gasteiger partial charge in [0.1, 0.15) is 12.4 Å². The van der Waals surface area contributed by atoms with Crippen LogP contribution in [0, 0.1) is 6.92 Å². The number of hydrogen-bond acceptors (Lipinski definition) is 2. The van der Waals surface area contributed by atoms with E-state index in [4.69, 9.17) is 9.84 Å². The lowest BCUT2D eigenvalue weighted by Crippen LogP contribution is -1.98. The summed E-state index contributed by atoms with van der Waals surface area (Å²) in [6.07, 6.45) is 7.64. The van der Waals surface area contributed by atoms with Gasteiger partial charge < -0.3 is 9.84 Å². The zero-order valence-electron chi connectivity index (χ0n) is 16.4. The van der Waals surface area contributed by atoms with E-state index < -0.39 is 5.97 Å². The Morgan fingerprint density at radius 2 is 1.62 bits per heavy atom. The molecule has 0 unspecified atom stereocenters. The van der Waals surface area contributed by atoms with E-state index in [2.05, 4.69) is 24.3 Å². The van der Waals surface area contributed by atoms with Crippen LogP contribution in [0.2, 0.25) is 0 Å². The second kappa shape index (κ2) is 10.1. The molecule has 0 spiro atoms. The molecule has 0 saturated carbocycles. The Morgan fingerprint density at radius 3 is 2.41 bits per heavy atom. The summed E-state index contributed by atoms with van der Waals surface area (Å²) >= 11 is 0. The first-order chi connectivity index (χ1) is 14.1. The number of aliphatic carboxylic acids is 1. The maximum Gasteiger partial charge on any atom is 0.328 e. The fraction of sp³-hybridized carbons (Fsp3) is 0.115. The molecular weight excluding hydrogens is 360 g/mol. The van der Waals surface area contributed by atoms with Crippen LogP contribution in [-0.2, 0) is 17.8 Å². The highest BCUT2D eigenvalue weighted by molar-refractivity contribution is 5.85. The van der Waals surface area contributed by atoms with Crippen LogP contribution >= 0.6 is 0 Å². The van der Waals surface area contributed by atoms with Crippen molar-refractivity contribution in [2.24, 2.45) is 0 Å². The molecule has 0 atom stereocenters. The first-order valence-corrected chi connectivity index (χ1v) is 9.55. The molecule has 0 aliphatic heterocycles. The van der Waals surface area contributed by atoms with Gasteiger partial charge in [-0.1, -0.05) is 84.9 Å². The van der Waals surface area contributed by atoms with E-state index in [1.165, 1.54) is 6.08 Å². The minimum atomic E-state index is -0.949. The van der Waals surface area contributed by atoms with Crippen molar-refractivity contribution in [2.75, 3.05) is 0 Å². The zero-order valence-corrected chi connectivity index (χ0v) is 16.4. The lowest BCUT2D eigenvalue weighted by atomic mass is 10.0. The van der Waals surface area contributed by atoms with Crippen LogP contribution < -0.4 is 4.74 Å². The van der Waals surface area contributed by atoms with Gasteiger partial charge in [-0.15, -0.1) is 0 Å². The third kappa shape index (κ3) is 5.94. The fourth-order valence-electron chi connectivity index (χ4n) is 3.09. The van der Waals surface area contributed by atoms with Gasteiger partial charge in [-0.2, -0.15) is 0 Å². The van der Waals surface area contributed by atoms with Gasteiger partial charge in [0.25, 0.3) is 0 Å². The Labute approximate surface area is 171 Å². The summed E-state index contributed by atoms with van der Waals surface area (Å²) < 4.78 is 6.12. The van der Waals surface area contributed by atoms with Crippen LogP contribution in [0.3, 0.4) is 0 Å². The second-order valence-electron chi connectivity index (χ2n) is 6.74. The van der Waals surface area contributed by atoms with Gasteiger partial charge in [-0.25, -0.2) is 4.79 Å². The van der Waals surface area contributed by atoms with Gasteiger partial charge in [-0.05, 0) is 41.7 Å². The molecule has 0 heterocycles. The summed E-state index contributed by atoms with van der Waals surface area (Å²) in [5.74, 6) is -0.0676. The van der Waals surface area contributed by atoms with Crippen molar-refractivity contribution in [1.29, 1.82) is 0 Å². The number of allylic oxidation sites excluding steroid dienone is 1. The molecule has 3 aromatic carbocycles. The first kappa shape index (κ1) is 20.2. The molecule has 0 radical (unpaired) electrons. The van der Waals surface area contributed by atoms with Gasteiger partial charge >= 0.3 is 5.97 Å². The summed E-state index contributed by atoms with van der Waals surface area (Å²) in [5.41, 5.74) is 5.22. The normalized spacial score (nSPS) is 11.2. The minimum Gasteiger partial charge on any atom is -0.488 e. The molecule has 0 aromatic heterocycles. The molecule has 146 valence electrons. The summed E-state index contributed by atoms with van der Waals surface area (Å²) in [7, 11) is 0. The van der Waals surface area contributed by atoms with Crippen molar-refractivity contribution in [3.63, 3.8) is 0 Å². The number of benzene rings is 3. The van der Waals surface area contributed by atoms with Gasteiger partial charge in [0.2, 0.25) is 0 Å². The van der Waals surface area contributed by atoms with Crippen LogP contribution in [0.15, 0.2) is 84.9 Å². The molecule has 3 heteroatoms. The van der Waals surface area contributed by atoms with E-state index in [1.807, 2.05) is 67.6 Å². The number of hydrogen-bond donors (Lipinski definition) is 1. The standard InChI is InChI=1S/C26H24O3/c1-20-9-7-15-24(26(20)29-19-21-10-3-2-4-11-21)16-8-14-22-12-5-6-13-23(22)17-18-25(27)28/h2-13,15-18H,14,19H2,1H3,(H,27,28)/b16-8+,18-17-. The third-order valence-corrected chi connectivity index (χ3v) is 4.56. The van der Waals surface area contributed by atoms with E-state index in [0.717, 1.165) is 33.6 Å². The molecular formula is C26H24O3. The van der Waals surface area contributed by atoms with Gasteiger partial charge in [-0.3, -0.25) is 0 Å². The highest BCUT2D eigenvalue weighted by atomic mass is 16.5. The van der Waals surface area contributed by atoms with E-state index in [0.29, 0.717) is 13.0 Å². The Hall–Kier alpha value is -3.59. The SMILES string of the molecule is Cc1cccc(/C=C/Cc2ccccc2/C=C\C(=O)O)c1OCc1ccccc1. The van der Waals surface area contributed by atoms with E-state index in [1.54, 1.807) is 6.08 Å². The number of ether oxygens (including phenoxy) is 1. The average molecular weight is 384 g/mol. The molecule has 0 bridgehead atoms. The molecule has 3 aromatic rings. The highest BCUT2D eigenvalue weighted by Crippen LogP contribution is 2.26. The molecule has 0 aliphatic carbocycles. The molecule has 3 nitrogen and oxygen atoms in total. The largest absolute Gasteiger partial charge is 0.488 e. The molecule has 29 heavy (non-hydrogen) atoms. The lowest BCUT2D eigenvalue weighted by molar-refractivity contribution is -0.131. The Morgan fingerprint density at radius 1 is 0.897 bits per heavy atom. The van der Waals surface area contributed by atoms with Crippen molar-refractivity contribution in [3.05, 3.63) is 113 Å². The Bertz CT molecular complexity index is 1020. The maximum atomic E-state index is 10.8. The van der Waals surface area contributed by atoms with Crippen molar-refractivity contribution < 1.29 is 14.6 Å². The predicted molar refractivity (Wildman–Crippen MR) is 118 cm³/mol.